The molecule has 0 radical (unpaired) electrons. The van der Waals surface area contributed by atoms with Gasteiger partial charge in [0.15, 0.2) is 5.82 Å². The quantitative estimate of drug-likeness (QED) is 0.426. The highest BCUT2D eigenvalue weighted by atomic mass is 19.4. The van der Waals surface area contributed by atoms with Crippen LogP contribution in [-0.4, -0.2) is 31.8 Å². The second-order valence-corrected chi connectivity index (χ2v) is 7.17. The van der Waals surface area contributed by atoms with Crippen LogP contribution in [0.25, 0.3) is 28.0 Å². The zero-order chi connectivity index (χ0) is 24.7. The van der Waals surface area contributed by atoms with Crippen LogP contribution in [0.1, 0.15) is 11.4 Å². The monoisotopic (exact) mass is 480 g/mol. The summed E-state index contributed by atoms with van der Waals surface area (Å²) < 4.78 is 77.7. The molecule has 0 aliphatic carbocycles. The average Bonchev–Trinajstić information content (AvgIpc) is 3.19. The molecule has 7 nitrogen and oxygen atoms in total. The minimum absolute atomic E-state index is 0.0574. The Bertz CT molecular complexity index is 1380. The number of rotatable bonds is 4. The summed E-state index contributed by atoms with van der Waals surface area (Å²) in [4.78, 5) is 18.9. The van der Waals surface area contributed by atoms with Crippen LogP contribution in [-0.2, 0) is 17.5 Å². The molecule has 4 aromatic rings. The molecule has 0 saturated heterocycles. The van der Waals surface area contributed by atoms with Crippen LogP contribution in [0.15, 0.2) is 54.7 Å². The van der Waals surface area contributed by atoms with Gasteiger partial charge in [-0.1, -0.05) is 18.2 Å². The minimum atomic E-state index is -5.04. The molecule has 3 N–H and O–H groups in total. The molecule has 0 atom stereocenters. The summed E-state index contributed by atoms with van der Waals surface area (Å²) in [5, 5.41) is 6.44. The fraction of sp³-hybridized carbons (Fsp3) is 0.143. The number of aromatic nitrogens is 4. The van der Waals surface area contributed by atoms with Crippen molar-refractivity contribution in [1.82, 2.24) is 25.1 Å². The van der Waals surface area contributed by atoms with Gasteiger partial charge in [0.1, 0.15) is 5.69 Å². The first-order chi connectivity index (χ1) is 15.9. The summed E-state index contributed by atoms with van der Waals surface area (Å²) in [6, 6.07) is 11.1. The van der Waals surface area contributed by atoms with E-state index in [-0.39, 0.29) is 22.9 Å². The van der Waals surface area contributed by atoms with Crippen molar-refractivity contribution in [3.63, 3.8) is 0 Å². The van der Waals surface area contributed by atoms with Crippen molar-refractivity contribution >= 4 is 22.5 Å². The van der Waals surface area contributed by atoms with Crippen molar-refractivity contribution in [3.8, 4) is 17.1 Å². The van der Waals surface area contributed by atoms with E-state index in [1.54, 1.807) is 23.5 Å². The first kappa shape index (κ1) is 23.0. The predicted molar refractivity (Wildman–Crippen MR) is 109 cm³/mol. The van der Waals surface area contributed by atoms with Gasteiger partial charge >= 0.3 is 18.3 Å². The number of anilines is 1. The number of benzene rings is 1. The van der Waals surface area contributed by atoms with Gasteiger partial charge in [-0.2, -0.15) is 31.4 Å². The van der Waals surface area contributed by atoms with E-state index in [2.05, 4.69) is 15.1 Å². The van der Waals surface area contributed by atoms with Gasteiger partial charge in [0, 0.05) is 16.6 Å². The smallest absolute Gasteiger partial charge is 0.399 e. The molecule has 0 fully saturated rings. The van der Waals surface area contributed by atoms with E-state index in [1.807, 2.05) is 0 Å². The second-order valence-electron chi connectivity index (χ2n) is 7.17. The zero-order valence-electron chi connectivity index (χ0n) is 16.9. The van der Waals surface area contributed by atoms with Crippen molar-refractivity contribution in [2.24, 2.45) is 0 Å². The molecular formula is C21H14F6N6O. The Morgan fingerprint density at radius 1 is 1.00 bits per heavy atom. The highest BCUT2D eigenvalue weighted by Gasteiger charge is 2.38. The van der Waals surface area contributed by atoms with Crippen molar-refractivity contribution in [2.45, 2.75) is 18.9 Å². The minimum Gasteiger partial charge on any atom is -0.399 e. The van der Waals surface area contributed by atoms with Crippen molar-refractivity contribution < 1.29 is 31.1 Å². The predicted octanol–water partition coefficient (Wildman–Crippen LogP) is 4.26. The topological polar surface area (TPSA) is 98.7 Å². The Hall–Kier alpha value is -4.16. The van der Waals surface area contributed by atoms with Gasteiger partial charge in [0.2, 0.25) is 0 Å². The van der Waals surface area contributed by atoms with E-state index in [0.717, 1.165) is 6.07 Å². The van der Waals surface area contributed by atoms with Crippen molar-refractivity contribution in [2.75, 3.05) is 5.73 Å². The molecule has 1 amide bonds. The zero-order valence-corrected chi connectivity index (χ0v) is 16.9. The number of nitrogens with one attached hydrogen (secondary N) is 1. The van der Waals surface area contributed by atoms with E-state index < -0.39 is 30.5 Å². The number of carbonyl (C=O) groups excluding carboxylic acids is 1. The number of nitrogens with zero attached hydrogens (tertiary/aromatic N) is 4. The lowest BCUT2D eigenvalue weighted by Gasteiger charge is -2.11. The number of nitrogens with two attached hydrogens (primary N) is 1. The Kier molecular flexibility index (Phi) is 5.63. The number of pyridine rings is 2. The Morgan fingerprint density at radius 3 is 2.47 bits per heavy atom. The number of fused-ring (bicyclic) bond motifs is 1. The van der Waals surface area contributed by atoms with Crippen LogP contribution in [0.3, 0.4) is 0 Å². The first-order valence-electron chi connectivity index (χ1n) is 9.56. The third kappa shape index (κ3) is 4.77. The molecule has 0 spiro atoms. The molecule has 1 aromatic carbocycles. The number of carbonyl (C=O) groups is 1. The lowest BCUT2D eigenvalue weighted by Crippen LogP contribution is -2.36. The van der Waals surface area contributed by atoms with Gasteiger partial charge in [-0.15, -0.1) is 0 Å². The Morgan fingerprint density at radius 2 is 1.76 bits per heavy atom. The van der Waals surface area contributed by atoms with E-state index in [9.17, 15) is 31.1 Å². The second kappa shape index (κ2) is 8.32. The van der Waals surface area contributed by atoms with Gasteiger partial charge < -0.3 is 11.1 Å². The van der Waals surface area contributed by atoms with Crippen LogP contribution < -0.4 is 11.1 Å². The number of amides is 1. The molecule has 0 unspecified atom stereocenters. The van der Waals surface area contributed by atoms with E-state index in [0.29, 0.717) is 16.5 Å². The highest BCUT2D eigenvalue weighted by molar-refractivity contribution is 5.85. The van der Waals surface area contributed by atoms with Gasteiger partial charge in [0.05, 0.1) is 29.6 Å². The molecule has 0 saturated carbocycles. The Labute approximate surface area is 187 Å². The maximum atomic E-state index is 13.1. The molecule has 0 aliphatic heterocycles. The molecule has 0 bridgehead atoms. The van der Waals surface area contributed by atoms with E-state index in [4.69, 9.17) is 5.73 Å². The van der Waals surface area contributed by atoms with Crippen LogP contribution in [0.5, 0.6) is 0 Å². The summed E-state index contributed by atoms with van der Waals surface area (Å²) in [5.74, 6) is -2.17. The maximum Gasteiger partial charge on any atom is 0.471 e. The Balaban J connectivity index is 1.70. The molecule has 34 heavy (non-hydrogen) atoms. The molecule has 3 aromatic heterocycles. The van der Waals surface area contributed by atoms with E-state index in [1.165, 1.54) is 35.1 Å². The number of alkyl halides is 6. The lowest BCUT2D eigenvalue weighted by atomic mass is 10.1. The van der Waals surface area contributed by atoms with Gasteiger partial charge in [-0.25, -0.2) is 9.67 Å². The van der Waals surface area contributed by atoms with Gasteiger partial charge in [0.25, 0.3) is 0 Å². The summed E-state index contributed by atoms with van der Waals surface area (Å²) in [6.45, 7) is -0.509. The lowest BCUT2D eigenvalue weighted by molar-refractivity contribution is -0.173. The molecule has 4 rings (SSSR count). The third-order valence-corrected chi connectivity index (χ3v) is 4.70. The van der Waals surface area contributed by atoms with Gasteiger partial charge in [-0.05, 0) is 30.3 Å². The number of nitrogen functional groups attached to an aromatic ring is 1. The summed E-state index contributed by atoms with van der Waals surface area (Å²) in [7, 11) is 0. The highest BCUT2D eigenvalue weighted by Crippen LogP contribution is 2.30. The number of hydrogen-bond acceptors (Lipinski definition) is 5. The van der Waals surface area contributed by atoms with Crippen LogP contribution >= 0.6 is 0 Å². The fourth-order valence-corrected chi connectivity index (χ4v) is 3.18. The summed E-state index contributed by atoms with van der Waals surface area (Å²) in [5.41, 5.74) is 6.22. The summed E-state index contributed by atoms with van der Waals surface area (Å²) >= 11 is 0. The number of hydrogen-bond donors (Lipinski definition) is 2. The maximum absolute atomic E-state index is 13.1. The van der Waals surface area contributed by atoms with Crippen LogP contribution in [0, 0.1) is 0 Å². The molecule has 176 valence electrons. The number of halogens is 6. The molecule has 3 heterocycles. The molecule has 0 aliphatic rings. The molecule has 13 heteroatoms. The van der Waals surface area contributed by atoms with Crippen LogP contribution in [0.2, 0.25) is 0 Å². The average molecular weight is 480 g/mol. The summed E-state index contributed by atoms with van der Waals surface area (Å²) in [6.07, 6.45) is -8.22. The SMILES string of the molecule is Nc1cc(CNC(=O)C(F)(F)F)nc(-c2ccc3cnn(-c4cccc(C(F)(F)F)n4)c3c2)c1. The standard InChI is InChI=1S/C21H14F6N6O/c22-20(23,24)17-2-1-3-18(32-17)33-16-6-11(4-5-12(16)9-30-33)15-8-13(28)7-14(31-15)10-29-19(34)21(25,26)27/h1-9H,10H2,(H2,28,31)(H,29,34). The normalized spacial score (nSPS) is 12.2. The van der Waals surface area contributed by atoms with Crippen molar-refractivity contribution in [1.29, 1.82) is 0 Å². The fourth-order valence-electron chi connectivity index (χ4n) is 3.18. The van der Waals surface area contributed by atoms with Crippen LogP contribution in [0.4, 0.5) is 32.0 Å². The largest absolute Gasteiger partial charge is 0.471 e. The van der Waals surface area contributed by atoms with Gasteiger partial charge in [-0.3, -0.25) is 9.78 Å². The van der Waals surface area contributed by atoms with Crippen molar-refractivity contribution in [3.05, 3.63) is 66.1 Å². The third-order valence-electron chi connectivity index (χ3n) is 4.70. The first-order valence-corrected chi connectivity index (χ1v) is 9.56. The molecular weight excluding hydrogens is 466 g/mol. The van der Waals surface area contributed by atoms with E-state index >= 15 is 0 Å².